The number of anilines is 2. The number of rotatable bonds is 7. The SMILES string of the molecule is CCN(CC)C(=O)[C@@H](SCc1nc(N)nc(N)n1)c1ccccc1. The molecule has 1 amide bonds. The van der Waals surface area contributed by atoms with E-state index in [0.29, 0.717) is 24.7 Å². The van der Waals surface area contributed by atoms with E-state index in [1.165, 1.54) is 11.8 Å². The minimum Gasteiger partial charge on any atom is -0.368 e. The highest BCUT2D eigenvalue weighted by Gasteiger charge is 2.25. The number of carbonyl (C=O) groups is 1. The van der Waals surface area contributed by atoms with E-state index >= 15 is 0 Å². The van der Waals surface area contributed by atoms with Gasteiger partial charge in [-0.3, -0.25) is 4.79 Å². The van der Waals surface area contributed by atoms with Gasteiger partial charge >= 0.3 is 0 Å². The van der Waals surface area contributed by atoms with Crippen LogP contribution in [0.4, 0.5) is 11.9 Å². The van der Waals surface area contributed by atoms with E-state index in [1.54, 1.807) is 0 Å². The summed E-state index contributed by atoms with van der Waals surface area (Å²) in [5.41, 5.74) is 12.2. The Morgan fingerprint density at radius 3 is 2.21 bits per heavy atom. The van der Waals surface area contributed by atoms with Crippen molar-refractivity contribution < 1.29 is 4.79 Å². The lowest BCUT2D eigenvalue weighted by Gasteiger charge is -2.25. The van der Waals surface area contributed by atoms with Gasteiger partial charge in [-0.1, -0.05) is 30.3 Å². The predicted molar refractivity (Wildman–Crippen MR) is 97.1 cm³/mol. The van der Waals surface area contributed by atoms with E-state index in [4.69, 9.17) is 11.5 Å². The molecule has 0 unspecified atom stereocenters. The molecule has 1 aromatic carbocycles. The standard InChI is InChI=1S/C16H22N6OS/c1-3-22(4-2)14(23)13(11-8-6-5-7-9-11)24-10-12-19-15(17)21-16(18)20-12/h5-9,13H,3-4,10H2,1-2H3,(H4,17,18,19,20,21)/t13-/m0/s1. The van der Waals surface area contributed by atoms with Gasteiger partial charge in [-0.25, -0.2) is 0 Å². The molecule has 1 atom stereocenters. The Kier molecular flexibility index (Phi) is 6.36. The maximum atomic E-state index is 12.9. The van der Waals surface area contributed by atoms with Crippen LogP contribution in [0.15, 0.2) is 30.3 Å². The average Bonchev–Trinajstić information content (AvgIpc) is 2.56. The topological polar surface area (TPSA) is 111 Å². The zero-order valence-corrected chi connectivity index (χ0v) is 14.7. The van der Waals surface area contributed by atoms with Crippen molar-refractivity contribution >= 4 is 29.6 Å². The second-order valence-corrected chi connectivity index (χ2v) is 6.17. The number of nitrogens with two attached hydrogens (primary N) is 2. The van der Waals surface area contributed by atoms with E-state index in [1.807, 2.05) is 49.1 Å². The van der Waals surface area contributed by atoms with Crippen LogP contribution >= 0.6 is 11.8 Å². The molecule has 1 heterocycles. The second kappa shape index (κ2) is 8.49. The molecule has 0 aliphatic rings. The molecule has 0 aliphatic carbocycles. The van der Waals surface area contributed by atoms with Gasteiger partial charge in [0.2, 0.25) is 17.8 Å². The van der Waals surface area contributed by atoms with Crippen molar-refractivity contribution in [2.45, 2.75) is 24.9 Å². The van der Waals surface area contributed by atoms with Crippen molar-refractivity contribution in [3.63, 3.8) is 0 Å². The average molecular weight is 346 g/mol. The molecule has 1 aromatic heterocycles. The van der Waals surface area contributed by atoms with Crippen LogP contribution in [0.1, 0.15) is 30.5 Å². The smallest absolute Gasteiger partial charge is 0.240 e. The number of hydrogen-bond donors (Lipinski definition) is 2. The van der Waals surface area contributed by atoms with Gasteiger partial charge in [0.15, 0.2) is 0 Å². The number of likely N-dealkylation sites (N-methyl/N-ethyl adjacent to an activating group) is 1. The first-order valence-electron chi connectivity index (χ1n) is 7.76. The summed E-state index contributed by atoms with van der Waals surface area (Å²) in [4.78, 5) is 26.6. The normalized spacial score (nSPS) is 11.9. The van der Waals surface area contributed by atoms with E-state index in [9.17, 15) is 4.79 Å². The molecule has 0 aliphatic heterocycles. The van der Waals surface area contributed by atoms with Gasteiger partial charge in [0, 0.05) is 13.1 Å². The molecular weight excluding hydrogens is 324 g/mol. The number of nitrogen functional groups attached to an aromatic ring is 2. The fourth-order valence-electron chi connectivity index (χ4n) is 2.32. The van der Waals surface area contributed by atoms with Gasteiger partial charge in [0.25, 0.3) is 0 Å². The summed E-state index contributed by atoms with van der Waals surface area (Å²) in [5.74, 6) is 1.14. The first kappa shape index (κ1) is 18.0. The molecule has 24 heavy (non-hydrogen) atoms. The van der Waals surface area contributed by atoms with E-state index in [0.717, 1.165) is 5.56 Å². The zero-order valence-electron chi connectivity index (χ0n) is 13.8. The molecule has 7 nitrogen and oxygen atoms in total. The van der Waals surface area contributed by atoms with Crippen LogP contribution in [0.5, 0.6) is 0 Å². The summed E-state index contributed by atoms with van der Waals surface area (Å²) in [5, 5.41) is -0.328. The molecule has 0 bridgehead atoms. The van der Waals surface area contributed by atoms with Crippen molar-refractivity contribution in [1.29, 1.82) is 0 Å². The summed E-state index contributed by atoms with van der Waals surface area (Å²) in [7, 11) is 0. The Morgan fingerprint density at radius 2 is 1.67 bits per heavy atom. The second-order valence-electron chi connectivity index (χ2n) is 5.08. The van der Waals surface area contributed by atoms with Crippen LogP contribution in [-0.2, 0) is 10.5 Å². The highest BCUT2D eigenvalue weighted by atomic mass is 32.2. The lowest BCUT2D eigenvalue weighted by molar-refractivity contribution is -0.130. The van der Waals surface area contributed by atoms with Crippen molar-refractivity contribution in [3.8, 4) is 0 Å². The monoisotopic (exact) mass is 346 g/mol. The molecule has 0 saturated carbocycles. The van der Waals surface area contributed by atoms with Gasteiger partial charge in [-0.05, 0) is 19.4 Å². The number of benzene rings is 1. The van der Waals surface area contributed by atoms with Gasteiger partial charge in [-0.15, -0.1) is 11.8 Å². The summed E-state index contributed by atoms with van der Waals surface area (Å²) >= 11 is 1.46. The fourth-order valence-corrected chi connectivity index (χ4v) is 3.40. The predicted octanol–water partition coefficient (Wildman–Crippen LogP) is 1.88. The van der Waals surface area contributed by atoms with E-state index < -0.39 is 0 Å². The minimum atomic E-state index is -0.328. The molecule has 8 heteroatoms. The summed E-state index contributed by atoms with van der Waals surface area (Å²) in [6, 6.07) is 9.69. The Morgan fingerprint density at radius 1 is 1.08 bits per heavy atom. The highest BCUT2D eigenvalue weighted by molar-refractivity contribution is 7.99. The largest absolute Gasteiger partial charge is 0.368 e. The number of hydrogen-bond acceptors (Lipinski definition) is 7. The number of aromatic nitrogens is 3. The van der Waals surface area contributed by atoms with Crippen LogP contribution in [0.3, 0.4) is 0 Å². The Bertz CT molecular complexity index is 657. The maximum absolute atomic E-state index is 12.9. The Hall–Kier alpha value is -2.35. The molecule has 0 fully saturated rings. The first-order chi connectivity index (χ1) is 11.5. The third kappa shape index (κ3) is 4.58. The third-order valence-corrected chi connectivity index (χ3v) is 4.73. The molecule has 0 saturated heterocycles. The summed E-state index contributed by atoms with van der Waals surface area (Å²) in [6.07, 6.45) is 0. The van der Waals surface area contributed by atoms with E-state index in [2.05, 4.69) is 15.0 Å². The Labute approximate surface area is 145 Å². The number of thioether (sulfide) groups is 1. The fraction of sp³-hybridized carbons (Fsp3) is 0.375. The van der Waals surface area contributed by atoms with Crippen molar-refractivity contribution in [1.82, 2.24) is 19.9 Å². The van der Waals surface area contributed by atoms with Gasteiger partial charge in [0.1, 0.15) is 11.1 Å². The Balaban J connectivity index is 2.21. The van der Waals surface area contributed by atoms with Gasteiger partial charge in [-0.2, -0.15) is 15.0 Å². The molecule has 128 valence electrons. The summed E-state index contributed by atoms with van der Waals surface area (Å²) < 4.78 is 0. The number of nitrogens with zero attached hydrogens (tertiary/aromatic N) is 4. The lowest BCUT2D eigenvalue weighted by Crippen LogP contribution is -2.34. The van der Waals surface area contributed by atoms with Gasteiger partial charge < -0.3 is 16.4 Å². The van der Waals surface area contributed by atoms with Crippen molar-refractivity contribution in [3.05, 3.63) is 41.7 Å². The summed E-state index contributed by atoms with van der Waals surface area (Å²) in [6.45, 7) is 5.29. The van der Waals surface area contributed by atoms with Crippen LogP contribution in [0.2, 0.25) is 0 Å². The molecular formula is C16H22N6OS. The lowest BCUT2D eigenvalue weighted by atomic mass is 10.1. The molecule has 0 radical (unpaired) electrons. The van der Waals surface area contributed by atoms with Crippen molar-refractivity contribution in [2.75, 3.05) is 24.6 Å². The van der Waals surface area contributed by atoms with Crippen LogP contribution in [0.25, 0.3) is 0 Å². The molecule has 0 spiro atoms. The van der Waals surface area contributed by atoms with Crippen LogP contribution in [-0.4, -0.2) is 38.8 Å². The third-order valence-electron chi connectivity index (χ3n) is 3.50. The van der Waals surface area contributed by atoms with E-state index in [-0.39, 0.29) is 23.1 Å². The van der Waals surface area contributed by atoms with Crippen LogP contribution in [0, 0.1) is 0 Å². The van der Waals surface area contributed by atoms with Crippen molar-refractivity contribution in [2.24, 2.45) is 0 Å². The number of carbonyl (C=O) groups excluding carboxylic acids is 1. The molecule has 2 rings (SSSR count). The molecule has 2 aromatic rings. The van der Waals surface area contributed by atoms with Crippen LogP contribution < -0.4 is 11.5 Å². The molecule has 4 N–H and O–H groups in total. The number of amides is 1. The zero-order chi connectivity index (χ0) is 17.5. The minimum absolute atomic E-state index is 0.0752. The first-order valence-corrected chi connectivity index (χ1v) is 8.81. The van der Waals surface area contributed by atoms with Gasteiger partial charge in [0.05, 0.1) is 5.75 Å². The maximum Gasteiger partial charge on any atom is 0.240 e. The highest BCUT2D eigenvalue weighted by Crippen LogP contribution is 2.32. The quantitative estimate of drug-likeness (QED) is 0.787.